The van der Waals surface area contributed by atoms with Crippen molar-refractivity contribution in [2.45, 2.75) is 12.5 Å². The monoisotopic (exact) mass is 275 g/mol. The zero-order chi connectivity index (χ0) is 14.8. The molecule has 0 aliphatic carbocycles. The lowest BCUT2D eigenvalue weighted by molar-refractivity contribution is -0.142. The number of hydrogen-bond acceptors (Lipinski definition) is 7. The molecule has 0 heterocycles. The summed E-state index contributed by atoms with van der Waals surface area (Å²) in [5, 5.41) is 4.52. The molecule has 0 spiro atoms. The fraction of sp³-hybridized carbons (Fsp3) is 0.500. The molecule has 0 radical (unpaired) electrons. The van der Waals surface area contributed by atoms with Crippen LogP contribution in [-0.2, 0) is 19.0 Å². The van der Waals surface area contributed by atoms with Gasteiger partial charge in [-0.2, -0.15) is 0 Å². The minimum atomic E-state index is -0.993. The fourth-order valence-electron chi connectivity index (χ4n) is 1.00. The molecule has 0 saturated heterocycles. The normalized spacial score (nSPS) is 12.1. The third-order valence-corrected chi connectivity index (χ3v) is 1.94. The Kier molecular flexibility index (Phi) is 7.70. The van der Waals surface area contributed by atoms with Gasteiger partial charge in [0.05, 0.1) is 21.3 Å². The van der Waals surface area contributed by atoms with Crippen LogP contribution in [0.5, 0.6) is 0 Å². The summed E-state index contributed by atoms with van der Waals surface area (Å²) >= 11 is 0. The molecule has 9 nitrogen and oxygen atoms in total. The highest BCUT2D eigenvalue weighted by molar-refractivity contribution is 5.76. The number of nitrogens with one attached hydrogen (secondary N) is 2. The summed E-state index contributed by atoms with van der Waals surface area (Å²) in [6.45, 7) is 0. The molecule has 0 saturated carbocycles. The molecule has 0 aromatic heterocycles. The molecule has 108 valence electrons. The van der Waals surface area contributed by atoms with Crippen LogP contribution in [-0.4, -0.2) is 45.5 Å². The van der Waals surface area contributed by atoms with Gasteiger partial charge in [0.2, 0.25) is 0 Å². The van der Waals surface area contributed by atoms with Gasteiger partial charge >= 0.3 is 18.2 Å². The summed E-state index contributed by atoms with van der Waals surface area (Å²) in [5.74, 6) is -0.657. The number of alkyl carbamates (subject to hydrolysis) is 2. The molecule has 0 aliphatic rings. The fourth-order valence-corrected chi connectivity index (χ4v) is 1.00. The Morgan fingerprint density at radius 1 is 1.11 bits per heavy atom. The van der Waals surface area contributed by atoms with Gasteiger partial charge in [-0.15, -0.1) is 0 Å². The molecule has 0 bridgehead atoms. The maximum absolute atomic E-state index is 11.2. The zero-order valence-electron chi connectivity index (χ0n) is 10.9. The highest BCUT2D eigenvalue weighted by atomic mass is 16.5. The Balaban J connectivity index is 4.70. The van der Waals surface area contributed by atoms with Gasteiger partial charge in [0.15, 0.2) is 0 Å². The van der Waals surface area contributed by atoms with E-state index < -0.39 is 24.2 Å². The van der Waals surface area contributed by atoms with Gasteiger partial charge in [-0.1, -0.05) is 0 Å². The van der Waals surface area contributed by atoms with Gasteiger partial charge in [0, 0.05) is 18.3 Å². The van der Waals surface area contributed by atoms with E-state index in [0.29, 0.717) is 0 Å². The molecule has 0 aromatic carbocycles. The van der Waals surface area contributed by atoms with Crippen LogP contribution in [0.25, 0.3) is 0 Å². The Hall–Kier alpha value is -2.29. The van der Waals surface area contributed by atoms with Crippen molar-refractivity contribution in [1.29, 1.82) is 0 Å². The first-order valence-electron chi connectivity index (χ1n) is 5.16. The third-order valence-electron chi connectivity index (χ3n) is 1.94. The van der Waals surface area contributed by atoms with Gasteiger partial charge < -0.3 is 19.9 Å². The summed E-state index contributed by atoms with van der Waals surface area (Å²) in [6.07, 6.45) is -0.428. The second-order valence-corrected chi connectivity index (χ2v) is 3.26. The number of carbonyl (C=O) groups excluding carboxylic acids is 3. The number of nitrogens with two attached hydrogens (primary N) is 1. The number of ether oxygens (including phenoxy) is 3. The lowest BCUT2D eigenvalue weighted by Crippen LogP contribution is -2.36. The second-order valence-electron chi connectivity index (χ2n) is 3.26. The van der Waals surface area contributed by atoms with E-state index >= 15 is 0 Å². The molecule has 4 N–H and O–H groups in total. The maximum Gasteiger partial charge on any atom is 0.411 e. The minimum absolute atomic E-state index is 0.0637. The van der Waals surface area contributed by atoms with E-state index in [4.69, 9.17) is 5.73 Å². The number of carbonyl (C=O) groups is 3. The first-order chi connectivity index (χ1) is 8.94. The first-order valence-corrected chi connectivity index (χ1v) is 5.16. The van der Waals surface area contributed by atoms with Crippen LogP contribution in [0, 0.1) is 0 Å². The van der Waals surface area contributed by atoms with E-state index in [9.17, 15) is 14.4 Å². The third kappa shape index (κ3) is 6.88. The van der Waals surface area contributed by atoms with Crippen molar-refractivity contribution in [2.75, 3.05) is 21.3 Å². The summed E-state index contributed by atoms with van der Waals surface area (Å²) in [7, 11) is 3.53. The van der Waals surface area contributed by atoms with Gasteiger partial charge in [0.1, 0.15) is 6.04 Å². The molecule has 0 aromatic rings. The lowest BCUT2D eigenvalue weighted by atomic mass is 10.2. The largest absolute Gasteiger partial charge is 0.468 e. The lowest BCUT2D eigenvalue weighted by Gasteiger charge is -2.13. The minimum Gasteiger partial charge on any atom is -0.468 e. The van der Waals surface area contributed by atoms with Crippen LogP contribution in [0.3, 0.4) is 0 Å². The summed E-state index contributed by atoms with van der Waals surface area (Å²) in [6, 6.07) is -0.993. The summed E-state index contributed by atoms with van der Waals surface area (Å²) in [4.78, 5) is 33.2. The van der Waals surface area contributed by atoms with Crippen molar-refractivity contribution in [3.8, 4) is 0 Å². The molecule has 9 heteroatoms. The van der Waals surface area contributed by atoms with Crippen molar-refractivity contribution in [3.63, 3.8) is 0 Å². The first kappa shape index (κ1) is 16.7. The van der Waals surface area contributed by atoms with Gasteiger partial charge in [0.25, 0.3) is 0 Å². The summed E-state index contributed by atoms with van der Waals surface area (Å²) < 4.78 is 13.2. The standard InChI is InChI=1S/C10H17N3O6/c1-17-8(14)7(11)4-6(13-10(16)19-3)5-12-9(15)18-2/h5,7H,4,11H2,1-3H3,(H,12,15)(H,13,16)/t7-/m0/s1. The molecular formula is C10H17N3O6. The van der Waals surface area contributed by atoms with Crippen molar-refractivity contribution in [3.05, 3.63) is 11.9 Å². The van der Waals surface area contributed by atoms with Crippen LogP contribution in [0.2, 0.25) is 0 Å². The van der Waals surface area contributed by atoms with Crippen LogP contribution in [0.1, 0.15) is 6.42 Å². The maximum atomic E-state index is 11.2. The molecule has 0 unspecified atom stereocenters. The SMILES string of the molecule is COC(=O)NC=C(C[C@H](N)C(=O)OC)NC(=O)OC. The summed E-state index contributed by atoms with van der Waals surface area (Å²) in [5.41, 5.74) is 5.70. The van der Waals surface area contributed by atoms with Gasteiger partial charge in [-0.25, -0.2) is 9.59 Å². The molecule has 0 rings (SSSR count). The van der Waals surface area contributed by atoms with Gasteiger partial charge in [-0.05, 0) is 0 Å². The molecular weight excluding hydrogens is 258 g/mol. The van der Waals surface area contributed by atoms with E-state index in [0.717, 1.165) is 6.20 Å². The number of amides is 2. The quantitative estimate of drug-likeness (QED) is 0.452. The Labute approximate surface area is 110 Å². The smallest absolute Gasteiger partial charge is 0.411 e. The Morgan fingerprint density at radius 2 is 1.68 bits per heavy atom. The average Bonchev–Trinajstić information content (AvgIpc) is 2.42. The highest BCUT2D eigenvalue weighted by Gasteiger charge is 2.17. The number of hydrogen-bond donors (Lipinski definition) is 3. The van der Waals surface area contributed by atoms with E-state index in [-0.39, 0.29) is 12.1 Å². The number of methoxy groups -OCH3 is 3. The van der Waals surface area contributed by atoms with E-state index in [2.05, 4.69) is 24.8 Å². The molecule has 19 heavy (non-hydrogen) atoms. The van der Waals surface area contributed by atoms with Crippen LogP contribution >= 0.6 is 0 Å². The van der Waals surface area contributed by atoms with Crippen molar-refractivity contribution in [1.82, 2.24) is 10.6 Å². The average molecular weight is 275 g/mol. The van der Waals surface area contributed by atoms with Crippen molar-refractivity contribution < 1.29 is 28.6 Å². The van der Waals surface area contributed by atoms with Crippen LogP contribution in [0.15, 0.2) is 11.9 Å². The van der Waals surface area contributed by atoms with Crippen LogP contribution < -0.4 is 16.4 Å². The van der Waals surface area contributed by atoms with Gasteiger partial charge in [-0.3, -0.25) is 15.4 Å². The highest BCUT2D eigenvalue weighted by Crippen LogP contribution is 2.02. The van der Waals surface area contributed by atoms with Crippen LogP contribution in [0.4, 0.5) is 9.59 Å². The Bertz CT molecular complexity index is 368. The predicted molar refractivity (Wildman–Crippen MR) is 63.8 cm³/mol. The van der Waals surface area contributed by atoms with E-state index in [1.807, 2.05) is 0 Å². The van der Waals surface area contributed by atoms with E-state index in [1.165, 1.54) is 21.3 Å². The molecule has 2 amide bonds. The predicted octanol–water partition coefficient (Wildman–Crippen LogP) is -0.570. The molecule has 0 aliphatic heterocycles. The Morgan fingerprint density at radius 3 is 2.16 bits per heavy atom. The molecule has 1 atom stereocenters. The van der Waals surface area contributed by atoms with Crippen molar-refractivity contribution in [2.24, 2.45) is 5.73 Å². The van der Waals surface area contributed by atoms with E-state index in [1.54, 1.807) is 0 Å². The molecule has 0 fully saturated rings. The topological polar surface area (TPSA) is 129 Å². The number of rotatable bonds is 5. The number of esters is 1. The second kappa shape index (κ2) is 8.75. The van der Waals surface area contributed by atoms with Crippen molar-refractivity contribution >= 4 is 18.2 Å². The zero-order valence-corrected chi connectivity index (χ0v) is 10.9.